The predicted molar refractivity (Wildman–Crippen MR) is 87.2 cm³/mol. The van der Waals surface area contributed by atoms with Crippen LogP contribution in [0, 0.1) is 6.92 Å². The van der Waals surface area contributed by atoms with Crippen molar-refractivity contribution in [1.29, 1.82) is 0 Å². The van der Waals surface area contributed by atoms with Crippen molar-refractivity contribution in [1.82, 2.24) is 4.98 Å². The maximum atomic E-state index is 12.9. The smallest absolute Gasteiger partial charge is 0.198 e. The van der Waals surface area contributed by atoms with Gasteiger partial charge in [0.2, 0.25) is 0 Å². The average Bonchev–Trinajstić information content (AvgIpc) is 2.92. The molecule has 0 aliphatic rings. The molecule has 2 aromatic carbocycles. The molecule has 0 unspecified atom stereocenters. The summed E-state index contributed by atoms with van der Waals surface area (Å²) in [6.07, 6.45) is 1.75. The number of nitrogens with one attached hydrogen (secondary N) is 1. The summed E-state index contributed by atoms with van der Waals surface area (Å²) in [4.78, 5) is 16.0. The van der Waals surface area contributed by atoms with Crippen LogP contribution in [0.15, 0.2) is 47.1 Å². The largest absolute Gasteiger partial charge is 0.496 e. The van der Waals surface area contributed by atoms with Gasteiger partial charge in [0.15, 0.2) is 5.78 Å². The molecule has 0 aliphatic carbocycles. The molecule has 1 aromatic heterocycles. The highest BCUT2D eigenvalue weighted by atomic mass is 79.9. The van der Waals surface area contributed by atoms with Crippen LogP contribution in [0.4, 0.5) is 0 Å². The zero-order valence-corrected chi connectivity index (χ0v) is 13.3. The summed E-state index contributed by atoms with van der Waals surface area (Å²) >= 11 is 3.51. The number of methoxy groups -OCH3 is 1. The Kier molecular flexibility index (Phi) is 3.55. The molecule has 0 saturated heterocycles. The second kappa shape index (κ2) is 5.37. The fraction of sp³-hybridized carbons (Fsp3) is 0.118. The number of ketones is 1. The Morgan fingerprint density at radius 2 is 2.00 bits per heavy atom. The van der Waals surface area contributed by atoms with Crippen LogP contribution < -0.4 is 4.74 Å². The van der Waals surface area contributed by atoms with Gasteiger partial charge in [-0.25, -0.2) is 0 Å². The van der Waals surface area contributed by atoms with Gasteiger partial charge in [-0.1, -0.05) is 33.6 Å². The molecule has 0 atom stereocenters. The van der Waals surface area contributed by atoms with Crippen LogP contribution >= 0.6 is 15.9 Å². The summed E-state index contributed by atoms with van der Waals surface area (Å²) in [5, 5.41) is 0.894. The summed E-state index contributed by atoms with van der Waals surface area (Å²) in [6, 6.07) is 11.4. The Balaban J connectivity index is 2.20. The molecule has 3 nitrogen and oxygen atoms in total. The van der Waals surface area contributed by atoms with E-state index in [-0.39, 0.29) is 5.78 Å². The number of fused-ring (bicyclic) bond motifs is 1. The number of carbonyl (C=O) groups is 1. The van der Waals surface area contributed by atoms with E-state index in [1.165, 1.54) is 0 Å². The van der Waals surface area contributed by atoms with Crippen molar-refractivity contribution in [3.63, 3.8) is 0 Å². The van der Waals surface area contributed by atoms with Crippen LogP contribution in [-0.4, -0.2) is 17.9 Å². The highest BCUT2D eigenvalue weighted by Crippen LogP contribution is 2.30. The number of aromatic amines is 1. The second-order valence-corrected chi connectivity index (χ2v) is 5.75. The van der Waals surface area contributed by atoms with Gasteiger partial charge in [-0.3, -0.25) is 4.79 Å². The molecule has 0 fully saturated rings. The summed E-state index contributed by atoms with van der Waals surface area (Å²) < 4.78 is 6.22. The third kappa shape index (κ3) is 2.36. The van der Waals surface area contributed by atoms with Crippen molar-refractivity contribution in [2.24, 2.45) is 0 Å². The average molecular weight is 344 g/mol. The zero-order valence-electron chi connectivity index (χ0n) is 11.7. The van der Waals surface area contributed by atoms with Crippen molar-refractivity contribution in [2.45, 2.75) is 6.92 Å². The van der Waals surface area contributed by atoms with E-state index in [9.17, 15) is 4.79 Å². The van der Waals surface area contributed by atoms with Crippen LogP contribution in [0.1, 0.15) is 21.5 Å². The minimum absolute atomic E-state index is 0.0475. The van der Waals surface area contributed by atoms with Gasteiger partial charge < -0.3 is 9.72 Å². The van der Waals surface area contributed by atoms with Crippen LogP contribution in [-0.2, 0) is 0 Å². The molecule has 0 amide bonds. The molecule has 0 bridgehead atoms. The number of benzene rings is 2. The van der Waals surface area contributed by atoms with Gasteiger partial charge >= 0.3 is 0 Å². The molecule has 1 N–H and O–H groups in total. The Labute approximate surface area is 131 Å². The fourth-order valence-electron chi connectivity index (χ4n) is 2.46. The minimum atomic E-state index is -0.0475. The molecule has 1 heterocycles. The third-order valence-electron chi connectivity index (χ3n) is 3.50. The predicted octanol–water partition coefficient (Wildman–Crippen LogP) is 4.48. The van der Waals surface area contributed by atoms with Crippen LogP contribution in [0.3, 0.4) is 0 Å². The van der Waals surface area contributed by atoms with Gasteiger partial charge in [-0.05, 0) is 31.2 Å². The van der Waals surface area contributed by atoms with Gasteiger partial charge in [-0.15, -0.1) is 0 Å². The van der Waals surface area contributed by atoms with E-state index in [2.05, 4.69) is 20.9 Å². The lowest BCUT2D eigenvalue weighted by molar-refractivity contribution is 0.103. The summed E-state index contributed by atoms with van der Waals surface area (Å²) in [6.45, 7) is 1.96. The number of aromatic nitrogens is 1. The first kappa shape index (κ1) is 13.9. The maximum Gasteiger partial charge on any atom is 0.198 e. The molecular formula is C17H14BrNO2. The van der Waals surface area contributed by atoms with Gasteiger partial charge in [0.05, 0.1) is 12.7 Å². The lowest BCUT2D eigenvalue weighted by atomic mass is 10.00. The molecule has 21 heavy (non-hydrogen) atoms. The van der Waals surface area contributed by atoms with E-state index in [0.29, 0.717) is 16.9 Å². The first-order chi connectivity index (χ1) is 10.1. The van der Waals surface area contributed by atoms with Gasteiger partial charge in [0.1, 0.15) is 5.75 Å². The van der Waals surface area contributed by atoms with E-state index >= 15 is 0 Å². The zero-order chi connectivity index (χ0) is 15.0. The highest BCUT2D eigenvalue weighted by molar-refractivity contribution is 9.10. The quantitative estimate of drug-likeness (QED) is 0.712. The van der Waals surface area contributed by atoms with Crippen molar-refractivity contribution < 1.29 is 9.53 Å². The Morgan fingerprint density at radius 1 is 1.19 bits per heavy atom. The number of rotatable bonds is 3. The van der Waals surface area contributed by atoms with Crippen LogP contribution in [0.25, 0.3) is 10.9 Å². The van der Waals surface area contributed by atoms with E-state index < -0.39 is 0 Å². The number of hydrogen-bond donors (Lipinski definition) is 1. The Hall–Kier alpha value is -2.07. The van der Waals surface area contributed by atoms with Crippen LogP contribution in [0.2, 0.25) is 0 Å². The molecule has 0 radical (unpaired) electrons. The molecule has 3 aromatic rings. The van der Waals surface area contributed by atoms with E-state index in [0.717, 1.165) is 20.9 Å². The minimum Gasteiger partial charge on any atom is -0.496 e. The van der Waals surface area contributed by atoms with Crippen molar-refractivity contribution >= 4 is 32.6 Å². The molecular weight excluding hydrogens is 330 g/mol. The molecule has 0 saturated carbocycles. The SMILES string of the molecule is COc1ccc(C)cc1C(=O)c1c[nH]c2cccc(Br)c12. The number of halogens is 1. The Morgan fingerprint density at radius 3 is 2.76 bits per heavy atom. The van der Waals surface area contributed by atoms with E-state index in [4.69, 9.17) is 4.74 Å². The van der Waals surface area contributed by atoms with Gasteiger partial charge in [0, 0.05) is 27.1 Å². The molecule has 0 aliphatic heterocycles. The number of H-pyrrole nitrogens is 1. The summed E-state index contributed by atoms with van der Waals surface area (Å²) in [7, 11) is 1.58. The van der Waals surface area contributed by atoms with Gasteiger partial charge in [-0.2, -0.15) is 0 Å². The lowest BCUT2D eigenvalue weighted by Gasteiger charge is -2.08. The van der Waals surface area contributed by atoms with Crippen LogP contribution in [0.5, 0.6) is 5.75 Å². The number of ether oxygens (including phenoxy) is 1. The first-order valence-corrected chi connectivity index (χ1v) is 7.36. The first-order valence-electron chi connectivity index (χ1n) is 6.56. The molecule has 106 valence electrons. The fourth-order valence-corrected chi connectivity index (χ4v) is 3.04. The lowest BCUT2D eigenvalue weighted by Crippen LogP contribution is -2.04. The maximum absolute atomic E-state index is 12.9. The number of carbonyl (C=O) groups excluding carboxylic acids is 1. The Bertz CT molecular complexity index is 836. The molecule has 4 heteroatoms. The van der Waals surface area contributed by atoms with Crippen molar-refractivity contribution in [2.75, 3.05) is 7.11 Å². The number of aryl methyl sites for hydroxylation is 1. The second-order valence-electron chi connectivity index (χ2n) is 4.90. The normalized spacial score (nSPS) is 10.8. The van der Waals surface area contributed by atoms with Crippen molar-refractivity contribution in [3.05, 3.63) is 63.8 Å². The monoisotopic (exact) mass is 343 g/mol. The standard InChI is InChI=1S/C17H14BrNO2/c1-10-6-7-15(21-2)11(8-10)17(20)12-9-19-14-5-3-4-13(18)16(12)14/h3-9,19H,1-2H3. The van der Waals surface area contributed by atoms with E-state index in [1.54, 1.807) is 13.3 Å². The van der Waals surface area contributed by atoms with E-state index in [1.807, 2.05) is 43.3 Å². The summed E-state index contributed by atoms with van der Waals surface area (Å²) in [5.41, 5.74) is 3.17. The molecule has 0 spiro atoms. The molecule has 3 rings (SSSR count). The topological polar surface area (TPSA) is 42.1 Å². The highest BCUT2D eigenvalue weighted by Gasteiger charge is 2.19. The van der Waals surface area contributed by atoms with Crippen molar-refractivity contribution in [3.8, 4) is 5.75 Å². The summed E-state index contributed by atoms with van der Waals surface area (Å²) in [5.74, 6) is 0.542. The number of hydrogen-bond acceptors (Lipinski definition) is 2. The third-order valence-corrected chi connectivity index (χ3v) is 4.16. The van der Waals surface area contributed by atoms with Gasteiger partial charge in [0.25, 0.3) is 0 Å².